The summed E-state index contributed by atoms with van der Waals surface area (Å²) in [5, 5.41) is 10.9. The smallest absolute Gasteiger partial charge is 0.314 e. The zero-order chi connectivity index (χ0) is 23.8. The molecule has 9 nitrogen and oxygen atoms in total. The minimum atomic E-state index is -0.521. The Hall–Kier alpha value is -2.88. The van der Waals surface area contributed by atoms with Crippen LogP contribution in [0.15, 0.2) is 30.6 Å². The first-order valence-corrected chi connectivity index (χ1v) is 11.3. The lowest BCUT2D eigenvalue weighted by atomic mass is 10.0. The number of rotatable bonds is 5. The number of H-pyrrole nitrogens is 1. The summed E-state index contributed by atoms with van der Waals surface area (Å²) in [5.41, 5.74) is 1.84. The fourth-order valence-electron chi connectivity index (χ4n) is 4.31. The molecule has 0 radical (unpaired) electrons. The van der Waals surface area contributed by atoms with E-state index in [1.807, 2.05) is 32.9 Å². The van der Waals surface area contributed by atoms with Gasteiger partial charge in [-0.2, -0.15) is 0 Å². The highest BCUT2D eigenvalue weighted by Gasteiger charge is 2.38. The number of nitrogens with one attached hydrogen (secondary N) is 4. The lowest BCUT2D eigenvalue weighted by Gasteiger charge is -2.43. The number of carbonyl (C=O) groups excluding carboxylic acids is 2. The molecule has 3 heterocycles. The maximum atomic E-state index is 13.4. The van der Waals surface area contributed by atoms with E-state index in [1.165, 1.54) is 0 Å². The van der Waals surface area contributed by atoms with Crippen molar-refractivity contribution in [2.75, 3.05) is 32.1 Å². The summed E-state index contributed by atoms with van der Waals surface area (Å²) in [6, 6.07) is 4.58. The van der Waals surface area contributed by atoms with Crippen LogP contribution in [0.3, 0.4) is 0 Å². The van der Waals surface area contributed by atoms with E-state index >= 15 is 0 Å². The van der Waals surface area contributed by atoms with E-state index in [1.54, 1.807) is 25.5 Å². The Kier molecular flexibility index (Phi) is 6.47. The van der Waals surface area contributed by atoms with Gasteiger partial charge in [0.25, 0.3) is 0 Å². The van der Waals surface area contributed by atoms with E-state index in [4.69, 9.17) is 16.3 Å². The number of carbonyl (C=O) groups is 2. The summed E-state index contributed by atoms with van der Waals surface area (Å²) in [7, 11) is 1.57. The molecular weight excluding hydrogens is 444 g/mol. The zero-order valence-corrected chi connectivity index (χ0v) is 19.9. The second-order valence-electron chi connectivity index (χ2n) is 9.05. The Morgan fingerprint density at radius 3 is 2.91 bits per heavy atom. The highest BCUT2D eigenvalue weighted by Crippen LogP contribution is 2.33. The number of aromatic nitrogens is 2. The summed E-state index contributed by atoms with van der Waals surface area (Å²) < 4.78 is 5.97. The van der Waals surface area contributed by atoms with Gasteiger partial charge in [-0.05, 0) is 39.0 Å². The van der Waals surface area contributed by atoms with Crippen molar-refractivity contribution < 1.29 is 14.3 Å². The molecule has 176 valence electrons. The minimum absolute atomic E-state index is 0.159. The number of anilines is 1. The summed E-state index contributed by atoms with van der Waals surface area (Å²) in [5.74, 6) is -0.196. The summed E-state index contributed by atoms with van der Waals surface area (Å²) >= 11 is 6.39. The van der Waals surface area contributed by atoms with Gasteiger partial charge >= 0.3 is 6.03 Å². The predicted octanol–water partition coefficient (Wildman–Crippen LogP) is 3.10. The van der Waals surface area contributed by atoms with Gasteiger partial charge in [-0.25, -0.2) is 4.79 Å². The molecule has 1 unspecified atom stereocenters. The molecule has 1 saturated heterocycles. The molecule has 4 rings (SSSR count). The average Bonchev–Trinajstić information content (AvgIpc) is 3.11. The lowest BCUT2D eigenvalue weighted by Crippen LogP contribution is -2.60. The molecule has 0 aliphatic carbocycles. The molecule has 2 aromatic heterocycles. The van der Waals surface area contributed by atoms with E-state index in [0.717, 1.165) is 21.8 Å². The van der Waals surface area contributed by atoms with Gasteiger partial charge in [-0.3, -0.25) is 14.7 Å². The van der Waals surface area contributed by atoms with Gasteiger partial charge in [0, 0.05) is 48.2 Å². The number of halogens is 1. The van der Waals surface area contributed by atoms with Crippen molar-refractivity contribution in [2.24, 2.45) is 0 Å². The third-order valence-corrected chi connectivity index (χ3v) is 6.02. The van der Waals surface area contributed by atoms with Crippen LogP contribution >= 0.6 is 11.6 Å². The molecule has 3 amide bonds. The van der Waals surface area contributed by atoms with Crippen molar-refractivity contribution in [3.05, 3.63) is 35.6 Å². The van der Waals surface area contributed by atoms with Crippen LogP contribution < -0.4 is 16.0 Å². The largest absolute Gasteiger partial charge is 0.372 e. The van der Waals surface area contributed by atoms with Crippen LogP contribution in [-0.4, -0.2) is 71.2 Å². The molecule has 1 fully saturated rings. The van der Waals surface area contributed by atoms with Gasteiger partial charge in [0.2, 0.25) is 5.91 Å². The normalized spacial score (nSPS) is 19.4. The standard InChI is InChI=1S/C23H29ClN6O3/c1-13(27-22(32)25-4)10-30-12-23(2,3)33-11-19(30)21(31)29-17-8-14(24)7-16-15-5-6-26-9-18(15)28-20(16)17/h5-9,13,19,28H,10-12H2,1-4H3,(H,29,31)(H2,25,27,32)/t13-,19?/m0/s1. The Bertz CT molecular complexity index is 1190. The monoisotopic (exact) mass is 472 g/mol. The number of fused-ring (bicyclic) bond motifs is 3. The van der Waals surface area contributed by atoms with Crippen LogP contribution in [-0.2, 0) is 9.53 Å². The number of urea groups is 1. The first kappa shape index (κ1) is 23.3. The van der Waals surface area contributed by atoms with E-state index in [-0.39, 0.29) is 24.6 Å². The maximum Gasteiger partial charge on any atom is 0.314 e. The van der Waals surface area contributed by atoms with Gasteiger partial charge in [0.05, 0.1) is 35.1 Å². The number of ether oxygens (including phenoxy) is 1. The highest BCUT2D eigenvalue weighted by molar-refractivity contribution is 6.33. The number of hydrogen-bond acceptors (Lipinski definition) is 5. The molecule has 0 saturated carbocycles. The van der Waals surface area contributed by atoms with E-state index < -0.39 is 11.6 Å². The molecule has 2 atom stereocenters. The van der Waals surface area contributed by atoms with Crippen molar-refractivity contribution in [3.8, 4) is 0 Å². The fraction of sp³-hybridized carbons (Fsp3) is 0.435. The van der Waals surface area contributed by atoms with Crippen LogP contribution in [0, 0.1) is 0 Å². The molecule has 3 aromatic rings. The summed E-state index contributed by atoms with van der Waals surface area (Å²) in [6.45, 7) is 7.18. The molecular formula is C23H29ClN6O3. The zero-order valence-electron chi connectivity index (χ0n) is 19.2. The Labute approximate surface area is 197 Å². The summed E-state index contributed by atoms with van der Waals surface area (Å²) in [6.07, 6.45) is 3.47. The molecule has 33 heavy (non-hydrogen) atoms. The molecule has 4 N–H and O–H groups in total. The molecule has 1 aromatic carbocycles. The predicted molar refractivity (Wildman–Crippen MR) is 130 cm³/mol. The molecule has 1 aliphatic heterocycles. The summed E-state index contributed by atoms with van der Waals surface area (Å²) in [4.78, 5) is 34.7. The molecule has 0 spiro atoms. The number of hydrogen-bond donors (Lipinski definition) is 4. The third-order valence-electron chi connectivity index (χ3n) is 5.80. The van der Waals surface area contributed by atoms with Crippen LogP contribution in [0.4, 0.5) is 10.5 Å². The molecule has 1 aliphatic rings. The number of pyridine rings is 1. The van der Waals surface area contributed by atoms with Crippen molar-refractivity contribution in [1.82, 2.24) is 25.5 Å². The second-order valence-corrected chi connectivity index (χ2v) is 9.49. The van der Waals surface area contributed by atoms with Gasteiger partial charge in [0.15, 0.2) is 0 Å². The maximum absolute atomic E-state index is 13.4. The third kappa shape index (κ3) is 5.05. The van der Waals surface area contributed by atoms with Crippen LogP contribution in [0.25, 0.3) is 21.8 Å². The Morgan fingerprint density at radius 2 is 2.15 bits per heavy atom. The van der Waals surface area contributed by atoms with E-state index in [0.29, 0.717) is 23.8 Å². The minimum Gasteiger partial charge on any atom is -0.372 e. The quantitative estimate of drug-likeness (QED) is 0.456. The van der Waals surface area contributed by atoms with Crippen molar-refractivity contribution in [1.29, 1.82) is 0 Å². The van der Waals surface area contributed by atoms with Gasteiger partial charge < -0.3 is 25.7 Å². The van der Waals surface area contributed by atoms with Gasteiger partial charge in [0.1, 0.15) is 6.04 Å². The molecule has 0 bridgehead atoms. The van der Waals surface area contributed by atoms with Crippen LogP contribution in [0.5, 0.6) is 0 Å². The van der Waals surface area contributed by atoms with Gasteiger partial charge in [-0.1, -0.05) is 11.6 Å². The average molecular weight is 473 g/mol. The SMILES string of the molecule is CNC(=O)N[C@@H](C)CN1CC(C)(C)OCC1C(=O)Nc1cc(Cl)cc2c1[nH]c1cnccc12. The van der Waals surface area contributed by atoms with Crippen LogP contribution in [0.1, 0.15) is 20.8 Å². The Balaban J connectivity index is 1.59. The number of nitrogens with zero attached hydrogens (tertiary/aromatic N) is 2. The van der Waals surface area contributed by atoms with Crippen molar-refractivity contribution >= 4 is 51.0 Å². The van der Waals surface area contributed by atoms with Crippen molar-refractivity contribution in [2.45, 2.75) is 38.5 Å². The van der Waals surface area contributed by atoms with E-state index in [9.17, 15) is 9.59 Å². The first-order valence-electron chi connectivity index (χ1n) is 10.9. The van der Waals surface area contributed by atoms with Crippen LogP contribution in [0.2, 0.25) is 5.02 Å². The number of morpholine rings is 1. The highest BCUT2D eigenvalue weighted by atomic mass is 35.5. The number of amides is 3. The first-order chi connectivity index (χ1) is 15.7. The second kappa shape index (κ2) is 9.17. The van der Waals surface area contributed by atoms with Crippen molar-refractivity contribution in [3.63, 3.8) is 0 Å². The van der Waals surface area contributed by atoms with E-state index in [2.05, 4.69) is 30.8 Å². The molecule has 10 heteroatoms. The topological polar surface area (TPSA) is 111 Å². The Morgan fingerprint density at radius 1 is 1.36 bits per heavy atom. The van der Waals surface area contributed by atoms with Gasteiger partial charge in [-0.15, -0.1) is 0 Å². The number of benzene rings is 1. The number of aromatic amines is 1. The fourth-order valence-corrected chi connectivity index (χ4v) is 4.53. The lowest BCUT2D eigenvalue weighted by molar-refractivity contribution is -0.143.